The number of rotatable bonds is 7. The standard InChI is InChI=1S/C19H20O4.C4H8O/c1-2-3-13-22-18(20)16-11-7-8-12-17(16)19(21)23-14-15-9-5-4-6-10-15;1-2-4-5-3-1/h4-12H,2-3,13-14H2,1H3;1-4H2. The molecule has 5 heteroatoms. The van der Waals surface area contributed by atoms with Crippen LogP contribution in [-0.2, 0) is 20.8 Å². The third-order valence-electron chi connectivity index (χ3n) is 4.14. The molecule has 0 spiro atoms. The molecule has 0 bridgehead atoms. The fraction of sp³-hybridized carbons (Fsp3) is 0.391. The number of esters is 2. The molecule has 0 aromatic heterocycles. The summed E-state index contributed by atoms with van der Waals surface area (Å²) in [6, 6.07) is 15.9. The fourth-order valence-electron chi connectivity index (χ4n) is 2.54. The molecule has 2 aromatic rings. The Kier molecular flexibility index (Phi) is 9.80. The molecule has 2 aromatic carbocycles. The highest BCUT2D eigenvalue weighted by Crippen LogP contribution is 2.13. The first-order valence-corrected chi connectivity index (χ1v) is 9.77. The van der Waals surface area contributed by atoms with Crippen molar-refractivity contribution >= 4 is 11.9 Å². The Morgan fingerprint density at radius 1 is 0.857 bits per heavy atom. The van der Waals surface area contributed by atoms with E-state index in [1.54, 1.807) is 24.3 Å². The maximum Gasteiger partial charge on any atom is 0.339 e. The lowest BCUT2D eigenvalue weighted by atomic mass is 10.1. The Morgan fingerprint density at radius 3 is 1.96 bits per heavy atom. The highest BCUT2D eigenvalue weighted by atomic mass is 16.5. The highest BCUT2D eigenvalue weighted by molar-refractivity contribution is 6.03. The Labute approximate surface area is 166 Å². The first-order valence-electron chi connectivity index (χ1n) is 9.77. The van der Waals surface area contributed by atoms with Gasteiger partial charge in [0, 0.05) is 13.2 Å². The van der Waals surface area contributed by atoms with Crippen molar-refractivity contribution in [1.29, 1.82) is 0 Å². The lowest BCUT2D eigenvalue weighted by Gasteiger charge is -2.09. The minimum atomic E-state index is -0.531. The van der Waals surface area contributed by atoms with Gasteiger partial charge in [-0.05, 0) is 37.0 Å². The predicted octanol–water partition coefficient (Wildman–Crippen LogP) is 4.80. The quantitative estimate of drug-likeness (QED) is 0.507. The summed E-state index contributed by atoms with van der Waals surface area (Å²) < 4.78 is 15.4. The monoisotopic (exact) mass is 384 g/mol. The summed E-state index contributed by atoms with van der Waals surface area (Å²) in [5, 5.41) is 0. The lowest BCUT2D eigenvalue weighted by Crippen LogP contribution is -2.14. The zero-order valence-corrected chi connectivity index (χ0v) is 16.4. The Hall–Kier alpha value is -2.66. The lowest BCUT2D eigenvalue weighted by molar-refractivity contribution is 0.0437. The van der Waals surface area contributed by atoms with Crippen LogP contribution < -0.4 is 0 Å². The zero-order valence-electron chi connectivity index (χ0n) is 16.4. The molecule has 0 aliphatic carbocycles. The van der Waals surface area contributed by atoms with Gasteiger partial charge in [0.25, 0.3) is 0 Å². The zero-order chi connectivity index (χ0) is 20.0. The van der Waals surface area contributed by atoms with E-state index in [1.807, 2.05) is 37.3 Å². The maximum atomic E-state index is 12.2. The van der Waals surface area contributed by atoms with Crippen LogP contribution in [0.1, 0.15) is 58.9 Å². The minimum absolute atomic E-state index is 0.166. The van der Waals surface area contributed by atoms with Gasteiger partial charge in [-0.2, -0.15) is 0 Å². The van der Waals surface area contributed by atoms with Crippen molar-refractivity contribution in [2.45, 2.75) is 39.2 Å². The van der Waals surface area contributed by atoms with Crippen molar-refractivity contribution in [3.05, 3.63) is 71.3 Å². The smallest absolute Gasteiger partial charge is 0.339 e. The second-order valence-electron chi connectivity index (χ2n) is 6.42. The van der Waals surface area contributed by atoms with E-state index in [1.165, 1.54) is 12.8 Å². The van der Waals surface area contributed by atoms with Crippen LogP contribution in [0.3, 0.4) is 0 Å². The Balaban J connectivity index is 0.000000485. The van der Waals surface area contributed by atoms with Crippen LogP contribution >= 0.6 is 0 Å². The Morgan fingerprint density at radius 2 is 1.43 bits per heavy atom. The summed E-state index contributed by atoms with van der Waals surface area (Å²) in [6.45, 7) is 4.53. The molecule has 5 nitrogen and oxygen atoms in total. The fourth-order valence-corrected chi connectivity index (χ4v) is 2.54. The Bertz CT molecular complexity index is 715. The van der Waals surface area contributed by atoms with Gasteiger partial charge in [0.1, 0.15) is 6.61 Å². The van der Waals surface area contributed by atoms with Crippen molar-refractivity contribution in [2.75, 3.05) is 19.8 Å². The van der Waals surface area contributed by atoms with E-state index in [2.05, 4.69) is 0 Å². The molecule has 1 fully saturated rings. The normalized spacial score (nSPS) is 12.6. The summed E-state index contributed by atoms with van der Waals surface area (Å²) in [5.74, 6) is -1.03. The number of carbonyl (C=O) groups excluding carboxylic acids is 2. The summed E-state index contributed by atoms with van der Waals surface area (Å²) in [5.41, 5.74) is 1.36. The molecule has 0 saturated carbocycles. The molecule has 0 radical (unpaired) electrons. The minimum Gasteiger partial charge on any atom is -0.462 e. The predicted molar refractivity (Wildman–Crippen MR) is 107 cm³/mol. The third-order valence-corrected chi connectivity index (χ3v) is 4.14. The summed E-state index contributed by atoms with van der Waals surface area (Å²) >= 11 is 0. The van der Waals surface area contributed by atoms with Crippen LogP contribution in [0.5, 0.6) is 0 Å². The van der Waals surface area contributed by atoms with E-state index in [0.717, 1.165) is 31.6 Å². The van der Waals surface area contributed by atoms with Gasteiger partial charge in [0.05, 0.1) is 17.7 Å². The van der Waals surface area contributed by atoms with Gasteiger partial charge in [-0.25, -0.2) is 9.59 Å². The molecule has 150 valence electrons. The van der Waals surface area contributed by atoms with Crippen molar-refractivity contribution in [2.24, 2.45) is 0 Å². The molecule has 1 aliphatic rings. The number of carbonyl (C=O) groups is 2. The summed E-state index contributed by atoms with van der Waals surface area (Å²) in [4.78, 5) is 24.3. The van der Waals surface area contributed by atoms with Gasteiger partial charge in [0.15, 0.2) is 0 Å². The molecule has 0 unspecified atom stereocenters. The van der Waals surface area contributed by atoms with E-state index in [0.29, 0.717) is 6.61 Å². The number of unbranched alkanes of at least 4 members (excludes halogenated alkanes) is 1. The molecule has 28 heavy (non-hydrogen) atoms. The average molecular weight is 384 g/mol. The summed E-state index contributed by atoms with van der Waals surface area (Å²) in [7, 11) is 0. The number of hydrogen-bond donors (Lipinski definition) is 0. The van der Waals surface area contributed by atoms with Gasteiger partial charge in [0.2, 0.25) is 0 Å². The van der Waals surface area contributed by atoms with Crippen LogP contribution in [0.15, 0.2) is 54.6 Å². The number of benzene rings is 2. The second-order valence-corrected chi connectivity index (χ2v) is 6.42. The largest absolute Gasteiger partial charge is 0.462 e. The average Bonchev–Trinajstić information content (AvgIpc) is 3.33. The van der Waals surface area contributed by atoms with Crippen LogP contribution in [0.4, 0.5) is 0 Å². The van der Waals surface area contributed by atoms with Crippen molar-refractivity contribution in [3.63, 3.8) is 0 Å². The molecule has 3 rings (SSSR count). The first-order chi connectivity index (χ1) is 13.7. The van der Waals surface area contributed by atoms with Gasteiger partial charge in [-0.1, -0.05) is 55.8 Å². The van der Waals surface area contributed by atoms with Crippen molar-refractivity contribution < 1.29 is 23.8 Å². The van der Waals surface area contributed by atoms with E-state index in [4.69, 9.17) is 14.2 Å². The van der Waals surface area contributed by atoms with Gasteiger partial charge < -0.3 is 14.2 Å². The molecule has 1 aliphatic heterocycles. The topological polar surface area (TPSA) is 61.8 Å². The molecule has 0 N–H and O–H groups in total. The van der Waals surface area contributed by atoms with Crippen molar-refractivity contribution in [3.8, 4) is 0 Å². The van der Waals surface area contributed by atoms with Gasteiger partial charge in [-0.3, -0.25) is 0 Å². The van der Waals surface area contributed by atoms with E-state index in [9.17, 15) is 9.59 Å². The highest BCUT2D eigenvalue weighted by Gasteiger charge is 2.18. The van der Waals surface area contributed by atoms with Crippen LogP contribution in [-0.4, -0.2) is 31.8 Å². The van der Waals surface area contributed by atoms with Gasteiger partial charge in [-0.15, -0.1) is 0 Å². The van der Waals surface area contributed by atoms with E-state index >= 15 is 0 Å². The molecular formula is C23H28O5. The maximum absolute atomic E-state index is 12.2. The SMILES string of the molecule is C1CCOC1.CCCCOC(=O)c1ccccc1C(=O)OCc1ccccc1. The molecule has 0 amide bonds. The van der Waals surface area contributed by atoms with E-state index < -0.39 is 11.9 Å². The molecular weight excluding hydrogens is 356 g/mol. The van der Waals surface area contributed by atoms with Crippen LogP contribution in [0, 0.1) is 0 Å². The first kappa shape index (κ1) is 21.6. The second kappa shape index (κ2) is 12.7. The van der Waals surface area contributed by atoms with E-state index in [-0.39, 0.29) is 17.7 Å². The number of ether oxygens (including phenoxy) is 3. The van der Waals surface area contributed by atoms with Gasteiger partial charge >= 0.3 is 11.9 Å². The van der Waals surface area contributed by atoms with Crippen LogP contribution in [0.25, 0.3) is 0 Å². The third kappa shape index (κ3) is 7.53. The summed E-state index contributed by atoms with van der Waals surface area (Å²) in [6.07, 6.45) is 4.29. The molecule has 1 heterocycles. The molecule has 1 saturated heterocycles. The molecule has 0 atom stereocenters. The van der Waals surface area contributed by atoms with Crippen molar-refractivity contribution in [1.82, 2.24) is 0 Å². The number of hydrogen-bond acceptors (Lipinski definition) is 5. The van der Waals surface area contributed by atoms with Crippen LogP contribution in [0.2, 0.25) is 0 Å².